The summed E-state index contributed by atoms with van der Waals surface area (Å²) in [4.78, 5) is 31.9. The van der Waals surface area contributed by atoms with E-state index >= 15 is 0 Å². The molecule has 1 aromatic heterocycles. The molecule has 8 heteroatoms. The summed E-state index contributed by atoms with van der Waals surface area (Å²) in [5.74, 6) is 0.430. The molecule has 128 valence electrons. The van der Waals surface area contributed by atoms with Crippen molar-refractivity contribution in [2.45, 2.75) is 31.5 Å². The third kappa shape index (κ3) is 5.16. The van der Waals surface area contributed by atoms with Crippen LogP contribution in [0.4, 0.5) is 4.79 Å². The lowest BCUT2D eigenvalue weighted by Gasteiger charge is -2.35. The second kappa shape index (κ2) is 7.25. The quantitative estimate of drug-likeness (QED) is 0.782. The first kappa shape index (κ1) is 17.7. The highest BCUT2D eigenvalue weighted by Crippen LogP contribution is 2.16. The molecule has 1 aliphatic heterocycles. The van der Waals surface area contributed by atoms with Gasteiger partial charge in [-0.05, 0) is 20.8 Å². The number of imidazole rings is 1. The fraction of sp³-hybridized carbons (Fsp3) is 0.667. The number of nitrogens with zero attached hydrogens (tertiary/aromatic N) is 4. The summed E-state index contributed by atoms with van der Waals surface area (Å²) in [6.45, 7) is 7.64. The Morgan fingerprint density at radius 1 is 1.22 bits per heavy atom. The summed E-state index contributed by atoms with van der Waals surface area (Å²) in [5.41, 5.74) is -0.497. The minimum absolute atomic E-state index is 0.0711. The van der Waals surface area contributed by atoms with Crippen molar-refractivity contribution in [3.8, 4) is 0 Å². The molecule has 0 radical (unpaired) electrons. The van der Waals surface area contributed by atoms with Crippen molar-refractivity contribution in [2.75, 3.05) is 31.9 Å². The Hall–Kier alpha value is -1.70. The van der Waals surface area contributed by atoms with E-state index in [1.165, 1.54) is 11.8 Å². The van der Waals surface area contributed by atoms with Crippen LogP contribution in [0.15, 0.2) is 17.6 Å². The fourth-order valence-electron chi connectivity index (χ4n) is 2.17. The lowest BCUT2D eigenvalue weighted by molar-refractivity contribution is -0.130. The molecule has 2 rings (SSSR count). The maximum atomic E-state index is 12.2. The number of piperazine rings is 1. The van der Waals surface area contributed by atoms with Gasteiger partial charge in [-0.15, -0.1) is 0 Å². The number of rotatable bonds is 3. The first-order valence-electron chi connectivity index (χ1n) is 7.62. The van der Waals surface area contributed by atoms with Gasteiger partial charge in [0, 0.05) is 45.6 Å². The Labute approximate surface area is 141 Å². The lowest BCUT2D eigenvalue weighted by atomic mass is 10.2. The summed E-state index contributed by atoms with van der Waals surface area (Å²) in [6.07, 6.45) is 3.26. The van der Waals surface area contributed by atoms with Crippen LogP contribution < -0.4 is 0 Å². The molecule has 1 aromatic rings. The van der Waals surface area contributed by atoms with Gasteiger partial charge in [0.15, 0.2) is 5.16 Å². The molecule has 1 aliphatic rings. The molecule has 0 aliphatic carbocycles. The highest BCUT2D eigenvalue weighted by molar-refractivity contribution is 7.99. The molecule has 0 spiro atoms. The molecule has 0 aromatic carbocycles. The number of aryl methyl sites for hydroxylation is 1. The number of carbonyl (C=O) groups is 2. The van der Waals surface area contributed by atoms with Gasteiger partial charge in [0.05, 0.1) is 5.75 Å². The summed E-state index contributed by atoms with van der Waals surface area (Å²) in [6, 6.07) is 0. The Morgan fingerprint density at radius 2 is 1.83 bits per heavy atom. The SMILES string of the molecule is Cn1ccnc1SCC(=O)N1CCN(C(=O)OC(C)(C)C)CC1. The molecule has 0 N–H and O–H groups in total. The number of ether oxygens (including phenoxy) is 1. The van der Waals surface area contributed by atoms with E-state index in [-0.39, 0.29) is 12.0 Å². The van der Waals surface area contributed by atoms with E-state index in [9.17, 15) is 9.59 Å². The zero-order valence-electron chi connectivity index (χ0n) is 14.1. The zero-order chi connectivity index (χ0) is 17.0. The van der Waals surface area contributed by atoms with E-state index in [1.54, 1.807) is 16.0 Å². The first-order chi connectivity index (χ1) is 10.8. The minimum Gasteiger partial charge on any atom is -0.444 e. The maximum absolute atomic E-state index is 12.2. The number of hydrogen-bond donors (Lipinski definition) is 0. The van der Waals surface area contributed by atoms with Crippen LogP contribution in [0.5, 0.6) is 0 Å². The van der Waals surface area contributed by atoms with Crippen molar-refractivity contribution in [3.63, 3.8) is 0 Å². The topological polar surface area (TPSA) is 67.7 Å². The van der Waals surface area contributed by atoms with Gasteiger partial charge in [0.25, 0.3) is 0 Å². The van der Waals surface area contributed by atoms with Gasteiger partial charge in [0.2, 0.25) is 5.91 Å². The normalized spacial score (nSPS) is 15.7. The van der Waals surface area contributed by atoms with Gasteiger partial charge in [-0.2, -0.15) is 0 Å². The highest BCUT2D eigenvalue weighted by Gasteiger charge is 2.27. The smallest absolute Gasteiger partial charge is 0.410 e. The van der Waals surface area contributed by atoms with Crippen molar-refractivity contribution in [3.05, 3.63) is 12.4 Å². The number of thioether (sulfide) groups is 1. The second-order valence-corrected chi connectivity index (χ2v) is 7.40. The fourth-order valence-corrected chi connectivity index (χ4v) is 3.01. The average molecular weight is 340 g/mol. The molecule has 1 fully saturated rings. The Balaban J connectivity index is 1.76. The van der Waals surface area contributed by atoms with Crippen LogP contribution in [0.3, 0.4) is 0 Å². The molecular weight excluding hydrogens is 316 g/mol. The number of hydrogen-bond acceptors (Lipinski definition) is 5. The van der Waals surface area contributed by atoms with Crippen molar-refractivity contribution in [1.29, 1.82) is 0 Å². The molecule has 7 nitrogen and oxygen atoms in total. The third-order valence-electron chi connectivity index (χ3n) is 3.39. The highest BCUT2D eigenvalue weighted by atomic mass is 32.2. The summed E-state index contributed by atoms with van der Waals surface area (Å²) < 4.78 is 7.24. The third-order valence-corrected chi connectivity index (χ3v) is 4.43. The summed E-state index contributed by atoms with van der Waals surface area (Å²) in [5, 5.41) is 0.825. The molecule has 2 amide bonds. The molecular formula is C15H24N4O3S. The van der Waals surface area contributed by atoms with Gasteiger partial charge in [0.1, 0.15) is 5.60 Å². The average Bonchev–Trinajstić information content (AvgIpc) is 2.88. The monoisotopic (exact) mass is 340 g/mol. The largest absolute Gasteiger partial charge is 0.444 e. The van der Waals surface area contributed by atoms with Gasteiger partial charge >= 0.3 is 6.09 Å². The van der Waals surface area contributed by atoms with Crippen LogP contribution in [0.2, 0.25) is 0 Å². The first-order valence-corrected chi connectivity index (χ1v) is 8.60. The Morgan fingerprint density at radius 3 is 2.35 bits per heavy atom. The van der Waals surface area contributed by atoms with Gasteiger partial charge in [-0.1, -0.05) is 11.8 Å². The molecule has 0 atom stereocenters. The molecule has 2 heterocycles. The predicted octanol–water partition coefficient (Wildman–Crippen LogP) is 1.59. The van der Waals surface area contributed by atoms with Crippen molar-refractivity contribution in [2.24, 2.45) is 7.05 Å². The minimum atomic E-state index is -0.497. The molecule has 23 heavy (non-hydrogen) atoms. The van der Waals surface area contributed by atoms with E-state index in [0.717, 1.165) is 5.16 Å². The zero-order valence-corrected chi connectivity index (χ0v) is 14.9. The molecule has 0 unspecified atom stereocenters. The van der Waals surface area contributed by atoms with Crippen LogP contribution in [-0.2, 0) is 16.6 Å². The van der Waals surface area contributed by atoms with E-state index in [0.29, 0.717) is 31.9 Å². The van der Waals surface area contributed by atoms with Crippen LogP contribution in [0.1, 0.15) is 20.8 Å². The molecule has 0 saturated carbocycles. The van der Waals surface area contributed by atoms with Crippen LogP contribution in [0, 0.1) is 0 Å². The molecule has 0 bridgehead atoms. The summed E-state index contributed by atoms with van der Waals surface area (Å²) in [7, 11) is 1.90. The van der Waals surface area contributed by atoms with E-state index in [1.807, 2.05) is 38.6 Å². The van der Waals surface area contributed by atoms with Crippen molar-refractivity contribution in [1.82, 2.24) is 19.4 Å². The standard InChI is InChI=1S/C15H24N4O3S/c1-15(2,3)22-14(21)19-9-7-18(8-10-19)12(20)11-23-13-16-5-6-17(13)4/h5-6H,7-11H2,1-4H3. The summed E-state index contributed by atoms with van der Waals surface area (Å²) >= 11 is 1.43. The number of carbonyl (C=O) groups excluding carboxylic acids is 2. The number of amides is 2. The number of aromatic nitrogens is 2. The van der Waals surface area contributed by atoms with E-state index in [4.69, 9.17) is 4.74 Å². The van der Waals surface area contributed by atoms with Gasteiger partial charge in [-0.25, -0.2) is 9.78 Å². The molecule has 1 saturated heterocycles. The van der Waals surface area contributed by atoms with E-state index < -0.39 is 5.60 Å². The van der Waals surface area contributed by atoms with Crippen LogP contribution in [0.25, 0.3) is 0 Å². The van der Waals surface area contributed by atoms with Crippen LogP contribution >= 0.6 is 11.8 Å². The Kier molecular flexibility index (Phi) is 5.56. The van der Waals surface area contributed by atoms with Gasteiger partial charge in [-0.3, -0.25) is 4.79 Å². The predicted molar refractivity (Wildman–Crippen MR) is 88.3 cm³/mol. The van der Waals surface area contributed by atoms with Crippen LogP contribution in [-0.4, -0.2) is 68.9 Å². The second-order valence-electron chi connectivity index (χ2n) is 6.46. The maximum Gasteiger partial charge on any atom is 0.410 e. The van der Waals surface area contributed by atoms with Gasteiger partial charge < -0.3 is 19.1 Å². The van der Waals surface area contributed by atoms with Crippen molar-refractivity contribution >= 4 is 23.8 Å². The Bertz CT molecular complexity index is 559. The van der Waals surface area contributed by atoms with Crippen molar-refractivity contribution < 1.29 is 14.3 Å². The van der Waals surface area contributed by atoms with E-state index in [2.05, 4.69) is 4.98 Å². The lowest BCUT2D eigenvalue weighted by Crippen LogP contribution is -2.52.